The fourth-order valence-corrected chi connectivity index (χ4v) is 2.77. The van der Waals surface area contributed by atoms with Gasteiger partial charge >= 0.3 is 0 Å². The summed E-state index contributed by atoms with van der Waals surface area (Å²) in [5.41, 5.74) is 6.24. The Kier molecular flexibility index (Phi) is 6.42. The Bertz CT molecular complexity index is 1030. The molecule has 0 aliphatic heterocycles. The summed E-state index contributed by atoms with van der Waals surface area (Å²) in [5.74, 6) is 1.16. The molecule has 3 aromatic rings. The number of benzene rings is 3. The highest BCUT2D eigenvalue weighted by atomic mass is 16.6. The number of nitrogens with one attached hydrogen (secondary N) is 1. The molecule has 0 saturated heterocycles. The highest BCUT2D eigenvalue weighted by Gasteiger charge is 2.10. The molecule has 0 heterocycles. The van der Waals surface area contributed by atoms with Crippen molar-refractivity contribution < 1.29 is 14.4 Å². The van der Waals surface area contributed by atoms with Gasteiger partial charge in [0.2, 0.25) is 0 Å². The van der Waals surface area contributed by atoms with Gasteiger partial charge in [0, 0.05) is 17.7 Å². The lowest BCUT2D eigenvalue weighted by molar-refractivity contribution is -0.384. The maximum atomic E-state index is 10.9. The number of nitro benzene ring substituents is 1. The SMILES string of the molecule is COc1cccc(C=NNc2cccc([N+](=O)[O-])c2)c1OCc1cccc(C)c1. The molecule has 0 aliphatic carbocycles. The first-order valence-electron chi connectivity index (χ1n) is 8.95. The average molecular weight is 391 g/mol. The number of rotatable bonds is 8. The third-order valence-electron chi connectivity index (χ3n) is 4.15. The number of para-hydroxylation sites is 1. The lowest BCUT2D eigenvalue weighted by Gasteiger charge is -2.13. The fourth-order valence-electron chi connectivity index (χ4n) is 2.77. The monoisotopic (exact) mass is 391 g/mol. The molecule has 0 aromatic heterocycles. The van der Waals surface area contributed by atoms with Gasteiger partial charge in [0.25, 0.3) is 5.69 Å². The topological polar surface area (TPSA) is 86.0 Å². The summed E-state index contributed by atoms with van der Waals surface area (Å²) < 4.78 is 11.4. The number of hydrogen-bond donors (Lipinski definition) is 1. The van der Waals surface area contributed by atoms with Gasteiger partial charge in [0.15, 0.2) is 11.5 Å². The minimum Gasteiger partial charge on any atom is -0.493 e. The van der Waals surface area contributed by atoms with Crippen LogP contribution in [0, 0.1) is 17.0 Å². The second-order valence-corrected chi connectivity index (χ2v) is 6.33. The lowest BCUT2D eigenvalue weighted by Crippen LogP contribution is -2.02. The van der Waals surface area contributed by atoms with Crippen LogP contribution in [-0.4, -0.2) is 18.2 Å². The minimum absolute atomic E-state index is 0.00578. The summed E-state index contributed by atoms with van der Waals surface area (Å²) in [4.78, 5) is 10.4. The maximum Gasteiger partial charge on any atom is 0.271 e. The third-order valence-corrected chi connectivity index (χ3v) is 4.15. The molecule has 0 saturated carbocycles. The van der Waals surface area contributed by atoms with Crippen molar-refractivity contribution in [3.05, 3.63) is 93.5 Å². The normalized spacial score (nSPS) is 10.7. The quantitative estimate of drug-likeness (QED) is 0.334. The average Bonchev–Trinajstić information content (AvgIpc) is 2.73. The number of aryl methyl sites for hydroxylation is 1. The van der Waals surface area contributed by atoms with Crippen LogP contribution in [0.1, 0.15) is 16.7 Å². The number of anilines is 1. The largest absolute Gasteiger partial charge is 0.493 e. The van der Waals surface area contributed by atoms with Crippen LogP contribution >= 0.6 is 0 Å². The first-order valence-corrected chi connectivity index (χ1v) is 8.95. The molecule has 3 rings (SSSR count). The van der Waals surface area contributed by atoms with Crippen molar-refractivity contribution in [1.82, 2.24) is 0 Å². The Morgan fingerprint density at radius 3 is 2.66 bits per heavy atom. The van der Waals surface area contributed by atoms with Crippen molar-refractivity contribution in [2.45, 2.75) is 13.5 Å². The number of ether oxygens (including phenoxy) is 2. The van der Waals surface area contributed by atoms with Crippen LogP contribution < -0.4 is 14.9 Å². The van der Waals surface area contributed by atoms with E-state index in [4.69, 9.17) is 9.47 Å². The number of methoxy groups -OCH3 is 1. The zero-order chi connectivity index (χ0) is 20.6. The Labute approximate surface area is 168 Å². The van der Waals surface area contributed by atoms with Crippen molar-refractivity contribution in [3.63, 3.8) is 0 Å². The van der Waals surface area contributed by atoms with E-state index in [0.29, 0.717) is 23.8 Å². The van der Waals surface area contributed by atoms with Crippen LogP contribution in [0.4, 0.5) is 11.4 Å². The van der Waals surface area contributed by atoms with Gasteiger partial charge in [-0.3, -0.25) is 15.5 Å². The summed E-state index contributed by atoms with van der Waals surface area (Å²) in [7, 11) is 1.58. The second kappa shape index (κ2) is 9.36. The van der Waals surface area contributed by atoms with E-state index in [-0.39, 0.29) is 5.69 Å². The van der Waals surface area contributed by atoms with Gasteiger partial charge < -0.3 is 9.47 Å². The molecule has 0 amide bonds. The third kappa shape index (κ3) is 5.32. The van der Waals surface area contributed by atoms with Crippen molar-refractivity contribution in [2.24, 2.45) is 5.10 Å². The van der Waals surface area contributed by atoms with E-state index in [1.807, 2.05) is 43.3 Å². The Morgan fingerprint density at radius 1 is 1.10 bits per heavy atom. The Balaban J connectivity index is 1.77. The predicted molar refractivity (Wildman–Crippen MR) is 113 cm³/mol. The van der Waals surface area contributed by atoms with E-state index in [9.17, 15) is 10.1 Å². The van der Waals surface area contributed by atoms with Crippen LogP contribution in [-0.2, 0) is 6.61 Å². The van der Waals surface area contributed by atoms with Crippen molar-refractivity contribution in [2.75, 3.05) is 12.5 Å². The van der Waals surface area contributed by atoms with Gasteiger partial charge in [-0.25, -0.2) is 0 Å². The number of nitrogens with zero attached hydrogens (tertiary/aromatic N) is 2. The van der Waals surface area contributed by atoms with E-state index in [1.165, 1.54) is 12.1 Å². The van der Waals surface area contributed by atoms with Crippen molar-refractivity contribution in [1.29, 1.82) is 0 Å². The zero-order valence-electron chi connectivity index (χ0n) is 16.2. The van der Waals surface area contributed by atoms with E-state index in [2.05, 4.69) is 16.6 Å². The summed E-state index contributed by atoms with van der Waals surface area (Å²) in [6, 6.07) is 19.7. The lowest BCUT2D eigenvalue weighted by atomic mass is 10.1. The Hall–Kier alpha value is -3.87. The molecule has 0 aliphatic rings. The predicted octanol–water partition coefficient (Wildman–Crippen LogP) is 4.94. The second-order valence-electron chi connectivity index (χ2n) is 6.33. The highest BCUT2D eigenvalue weighted by molar-refractivity contribution is 5.85. The van der Waals surface area contributed by atoms with Crippen LogP contribution in [0.15, 0.2) is 71.8 Å². The van der Waals surface area contributed by atoms with E-state index in [1.54, 1.807) is 25.5 Å². The molecule has 148 valence electrons. The van der Waals surface area contributed by atoms with Gasteiger partial charge in [0.1, 0.15) is 6.61 Å². The van der Waals surface area contributed by atoms with Gasteiger partial charge in [-0.1, -0.05) is 42.0 Å². The van der Waals surface area contributed by atoms with Crippen LogP contribution in [0.25, 0.3) is 0 Å². The minimum atomic E-state index is -0.450. The van der Waals surface area contributed by atoms with Gasteiger partial charge in [0.05, 0.1) is 23.9 Å². The molecule has 7 nitrogen and oxygen atoms in total. The summed E-state index contributed by atoms with van der Waals surface area (Å²) >= 11 is 0. The van der Waals surface area contributed by atoms with Crippen molar-refractivity contribution in [3.8, 4) is 11.5 Å². The first-order chi connectivity index (χ1) is 14.1. The maximum absolute atomic E-state index is 10.9. The van der Waals surface area contributed by atoms with Crippen molar-refractivity contribution >= 4 is 17.6 Å². The highest BCUT2D eigenvalue weighted by Crippen LogP contribution is 2.31. The summed E-state index contributed by atoms with van der Waals surface area (Å²) in [5, 5.41) is 15.1. The van der Waals surface area contributed by atoms with Gasteiger partial charge in [-0.15, -0.1) is 0 Å². The molecule has 0 atom stereocenters. The molecule has 0 spiro atoms. The zero-order valence-corrected chi connectivity index (χ0v) is 16.2. The molecule has 0 radical (unpaired) electrons. The molecule has 29 heavy (non-hydrogen) atoms. The number of hydrogen-bond acceptors (Lipinski definition) is 6. The van der Waals surface area contributed by atoms with Crippen LogP contribution in [0.3, 0.4) is 0 Å². The number of non-ortho nitro benzene ring substituents is 1. The first kappa shape index (κ1) is 19.9. The van der Waals surface area contributed by atoms with Gasteiger partial charge in [-0.05, 0) is 30.7 Å². The van der Waals surface area contributed by atoms with E-state index >= 15 is 0 Å². The number of nitro groups is 1. The van der Waals surface area contributed by atoms with E-state index in [0.717, 1.165) is 16.7 Å². The number of hydrazone groups is 1. The molecule has 0 fully saturated rings. The molecule has 3 aromatic carbocycles. The van der Waals surface area contributed by atoms with E-state index < -0.39 is 4.92 Å². The fraction of sp³-hybridized carbons (Fsp3) is 0.136. The molecule has 0 bridgehead atoms. The standard InChI is InChI=1S/C22H21N3O4/c1-16-6-3-7-17(12-16)15-29-22-18(8-4-11-21(22)28-2)14-23-24-19-9-5-10-20(13-19)25(26)27/h3-14,24H,15H2,1-2H3. The molecule has 0 unspecified atom stereocenters. The molecular formula is C22H21N3O4. The van der Waals surface area contributed by atoms with Gasteiger partial charge in [-0.2, -0.15) is 5.10 Å². The molecule has 1 N–H and O–H groups in total. The smallest absolute Gasteiger partial charge is 0.271 e. The van der Waals surface area contributed by atoms with Crippen LogP contribution in [0.5, 0.6) is 11.5 Å². The summed E-state index contributed by atoms with van der Waals surface area (Å²) in [6.45, 7) is 2.42. The summed E-state index contributed by atoms with van der Waals surface area (Å²) in [6.07, 6.45) is 1.59. The molecular weight excluding hydrogens is 370 g/mol. The van der Waals surface area contributed by atoms with Crippen LogP contribution in [0.2, 0.25) is 0 Å². The Morgan fingerprint density at radius 2 is 1.90 bits per heavy atom. The molecule has 7 heteroatoms.